The van der Waals surface area contributed by atoms with Crippen LogP contribution in [0.3, 0.4) is 0 Å². The van der Waals surface area contributed by atoms with Gasteiger partial charge in [0.25, 0.3) is 5.56 Å². The van der Waals surface area contributed by atoms with Gasteiger partial charge in [-0.15, -0.1) is 0 Å². The number of hydrogen-bond acceptors (Lipinski definition) is 2. The Bertz CT molecular complexity index is 235. The minimum atomic E-state index is 0.0486. The van der Waals surface area contributed by atoms with Gasteiger partial charge in [0, 0.05) is 10.4 Å². The minimum Gasteiger partial charge on any atom is -0.277 e. The summed E-state index contributed by atoms with van der Waals surface area (Å²) < 4.78 is 2.62. The predicted octanol–water partition coefficient (Wildman–Crippen LogP) is 1.05. The van der Waals surface area contributed by atoms with Gasteiger partial charge in [-0.3, -0.25) is 9.17 Å². The molecule has 0 aliphatic rings. The van der Waals surface area contributed by atoms with Crippen molar-refractivity contribution in [3.05, 3.63) is 20.8 Å². The Balaban J connectivity index is 3.41. The largest absolute Gasteiger partial charge is 0.277 e. The van der Waals surface area contributed by atoms with Gasteiger partial charge < -0.3 is 0 Å². The molecule has 0 saturated carbocycles. The van der Waals surface area contributed by atoms with Gasteiger partial charge >= 0.3 is 0 Å². The number of aryl methyl sites for hydroxylation is 1. The number of hydrogen-bond donors (Lipinski definition) is 1. The smallest absolute Gasteiger partial charge is 0.261 e. The van der Waals surface area contributed by atoms with Crippen molar-refractivity contribution in [1.82, 2.24) is 4.37 Å². The zero-order valence-corrected chi connectivity index (χ0v) is 5.63. The molecule has 0 aromatic carbocycles. The standard InChI is InChI=1S/C5H7NOS/c1-3-4(2)8-6-5(3)7/h1-2H3,(H,6,7). The molecular weight excluding hydrogens is 122 g/mol. The maximum Gasteiger partial charge on any atom is 0.261 e. The Labute approximate surface area is 51.3 Å². The van der Waals surface area contributed by atoms with Crippen LogP contribution in [0.4, 0.5) is 0 Å². The molecule has 0 fully saturated rings. The summed E-state index contributed by atoms with van der Waals surface area (Å²) in [5.74, 6) is 0. The van der Waals surface area contributed by atoms with Gasteiger partial charge in [0.1, 0.15) is 0 Å². The Morgan fingerprint density at radius 3 is 2.25 bits per heavy atom. The van der Waals surface area contributed by atoms with Crippen LogP contribution in [0, 0.1) is 13.8 Å². The molecule has 0 atom stereocenters. The summed E-state index contributed by atoms with van der Waals surface area (Å²) in [6, 6.07) is 0. The third kappa shape index (κ3) is 0.690. The molecule has 3 heteroatoms. The summed E-state index contributed by atoms with van der Waals surface area (Å²) in [5, 5.41) is 0. The first kappa shape index (κ1) is 5.56. The monoisotopic (exact) mass is 129 g/mol. The Kier molecular flexibility index (Phi) is 1.21. The first-order chi connectivity index (χ1) is 3.72. The zero-order valence-electron chi connectivity index (χ0n) is 4.82. The van der Waals surface area contributed by atoms with E-state index in [1.807, 2.05) is 13.8 Å². The van der Waals surface area contributed by atoms with Crippen molar-refractivity contribution in [2.24, 2.45) is 0 Å². The lowest BCUT2D eigenvalue weighted by atomic mass is 10.3. The second-order valence-electron chi connectivity index (χ2n) is 1.71. The van der Waals surface area contributed by atoms with E-state index in [2.05, 4.69) is 4.37 Å². The van der Waals surface area contributed by atoms with E-state index >= 15 is 0 Å². The van der Waals surface area contributed by atoms with E-state index in [4.69, 9.17) is 0 Å². The molecule has 0 aliphatic heterocycles. The lowest BCUT2D eigenvalue weighted by Crippen LogP contribution is -1.99. The summed E-state index contributed by atoms with van der Waals surface area (Å²) in [6.45, 7) is 3.75. The SMILES string of the molecule is Cc1s[nH]c(=O)c1C. The van der Waals surface area contributed by atoms with Crippen LogP contribution < -0.4 is 5.56 Å². The molecule has 1 aromatic rings. The fourth-order valence-corrected chi connectivity index (χ4v) is 1.08. The van der Waals surface area contributed by atoms with Crippen molar-refractivity contribution in [1.29, 1.82) is 0 Å². The summed E-state index contributed by atoms with van der Waals surface area (Å²) in [6.07, 6.45) is 0. The van der Waals surface area contributed by atoms with E-state index in [-0.39, 0.29) is 5.56 Å². The number of aromatic nitrogens is 1. The highest BCUT2D eigenvalue weighted by atomic mass is 32.1. The topological polar surface area (TPSA) is 32.9 Å². The van der Waals surface area contributed by atoms with E-state index < -0.39 is 0 Å². The molecule has 44 valence electrons. The molecule has 1 aromatic heterocycles. The average Bonchev–Trinajstić information content (AvgIpc) is 1.98. The van der Waals surface area contributed by atoms with Crippen LogP contribution in [0.1, 0.15) is 10.4 Å². The molecule has 0 amide bonds. The molecule has 0 bridgehead atoms. The maximum absolute atomic E-state index is 10.6. The normalized spacial score (nSPS) is 9.75. The van der Waals surface area contributed by atoms with Crippen LogP contribution in [0.15, 0.2) is 4.79 Å². The second-order valence-corrected chi connectivity index (χ2v) is 2.74. The van der Waals surface area contributed by atoms with E-state index in [0.717, 1.165) is 10.4 Å². The van der Waals surface area contributed by atoms with Gasteiger partial charge in [0.2, 0.25) is 0 Å². The first-order valence-corrected chi connectivity index (χ1v) is 3.18. The maximum atomic E-state index is 10.6. The lowest BCUT2D eigenvalue weighted by Gasteiger charge is -1.76. The number of rotatable bonds is 0. The summed E-state index contributed by atoms with van der Waals surface area (Å²) in [5.41, 5.74) is 0.891. The van der Waals surface area contributed by atoms with Crippen molar-refractivity contribution in [2.75, 3.05) is 0 Å². The molecular formula is C5H7NOS. The predicted molar refractivity (Wildman–Crippen MR) is 34.4 cm³/mol. The molecule has 2 nitrogen and oxygen atoms in total. The molecule has 0 spiro atoms. The van der Waals surface area contributed by atoms with Gasteiger partial charge in [0.15, 0.2) is 0 Å². The fourth-order valence-electron chi connectivity index (χ4n) is 0.436. The van der Waals surface area contributed by atoms with Crippen molar-refractivity contribution in [3.63, 3.8) is 0 Å². The average molecular weight is 129 g/mol. The number of nitrogens with one attached hydrogen (secondary N) is 1. The van der Waals surface area contributed by atoms with E-state index in [1.165, 1.54) is 11.5 Å². The van der Waals surface area contributed by atoms with Gasteiger partial charge in [-0.25, -0.2) is 0 Å². The molecule has 0 unspecified atom stereocenters. The highest BCUT2D eigenvalue weighted by Gasteiger charge is 1.96. The number of H-pyrrole nitrogens is 1. The van der Waals surface area contributed by atoms with Crippen LogP contribution in [0.25, 0.3) is 0 Å². The van der Waals surface area contributed by atoms with Crippen LogP contribution in [0.5, 0.6) is 0 Å². The van der Waals surface area contributed by atoms with E-state index in [1.54, 1.807) is 0 Å². The zero-order chi connectivity index (χ0) is 6.15. The van der Waals surface area contributed by atoms with Gasteiger partial charge in [-0.05, 0) is 13.8 Å². The molecule has 1 N–H and O–H groups in total. The molecule has 0 radical (unpaired) electrons. The van der Waals surface area contributed by atoms with Crippen molar-refractivity contribution in [3.8, 4) is 0 Å². The minimum absolute atomic E-state index is 0.0486. The van der Waals surface area contributed by atoms with Crippen LogP contribution >= 0.6 is 11.5 Å². The third-order valence-electron chi connectivity index (χ3n) is 1.17. The van der Waals surface area contributed by atoms with E-state index in [0.29, 0.717) is 0 Å². The Morgan fingerprint density at radius 1 is 1.50 bits per heavy atom. The summed E-state index contributed by atoms with van der Waals surface area (Å²) >= 11 is 1.39. The van der Waals surface area contributed by atoms with Crippen molar-refractivity contribution in [2.45, 2.75) is 13.8 Å². The quantitative estimate of drug-likeness (QED) is 0.558. The van der Waals surface area contributed by atoms with Gasteiger partial charge in [0.05, 0.1) is 0 Å². The Hall–Kier alpha value is -0.570. The van der Waals surface area contributed by atoms with Gasteiger partial charge in [-0.1, -0.05) is 11.5 Å². The van der Waals surface area contributed by atoms with Crippen LogP contribution in [-0.2, 0) is 0 Å². The van der Waals surface area contributed by atoms with Gasteiger partial charge in [-0.2, -0.15) is 0 Å². The third-order valence-corrected chi connectivity index (χ3v) is 2.07. The second kappa shape index (κ2) is 1.74. The molecule has 0 saturated heterocycles. The lowest BCUT2D eigenvalue weighted by molar-refractivity contribution is 1.31. The molecule has 1 heterocycles. The highest BCUT2D eigenvalue weighted by Crippen LogP contribution is 2.02. The Morgan fingerprint density at radius 2 is 2.12 bits per heavy atom. The van der Waals surface area contributed by atoms with Crippen molar-refractivity contribution < 1.29 is 0 Å². The van der Waals surface area contributed by atoms with E-state index in [9.17, 15) is 4.79 Å². The molecule has 1 rings (SSSR count). The molecule has 8 heavy (non-hydrogen) atoms. The summed E-state index contributed by atoms with van der Waals surface area (Å²) in [7, 11) is 0. The number of aromatic amines is 1. The van der Waals surface area contributed by atoms with Crippen molar-refractivity contribution >= 4 is 11.5 Å². The summed E-state index contributed by atoms with van der Waals surface area (Å²) in [4.78, 5) is 11.7. The van der Waals surface area contributed by atoms with Crippen LogP contribution in [0.2, 0.25) is 0 Å². The highest BCUT2D eigenvalue weighted by molar-refractivity contribution is 7.05. The molecule has 0 aliphatic carbocycles. The van der Waals surface area contributed by atoms with Crippen LogP contribution in [-0.4, -0.2) is 4.37 Å². The first-order valence-electron chi connectivity index (χ1n) is 2.36. The fraction of sp³-hybridized carbons (Fsp3) is 0.400.